The summed E-state index contributed by atoms with van der Waals surface area (Å²) in [6.07, 6.45) is 4.78. The molecule has 2 aliphatic rings. The van der Waals surface area contributed by atoms with Gasteiger partial charge in [0, 0.05) is 11.7 Å². The normalized spacial score (nSPS) is 21.3. The van der Waals surface area contributed by atoms with Crippen LogP contribution in [0.4, 0.5) is 5.69 Å². The summed E-state index contributed by atoms with van der Waals surface area (Å²) in [5.41, 5.74) is 1.14. The van der Waals surface area contributed by atoms with Crippen molar-refractivity contribution in [2.24, 2.45) is 0 Å². The summed E-state index contributed by atoms with van der Waals surface area (Å²) in [5.74, 6) is 0.514. The number of nitrogens with one attached hydrogen (secondary N) is 2. The fourth-order valence-electron chi connectivity index (χ4n) is 3.73. The molecule has 23 heavy (non-hydrogen) atoms. The summed E-state index contributed by atoms with van der Waals surface area (Å²) in [4.78, 5) is 16.1. The third-order valence-corrected chi connectivity index (χ3v) is 5.33. The zero-order chi connectivity index (χ0) is 16.2. The lowest BCUT2D eigenvalue weighted by Gasteiger charge is -2.36. The summed E-state index contributed by atoms with van der Waals surface area (Å²) < 4.78 is 0. The van der Waals surface area contributed by atoms with Gasteiger partial charge in [-0.1, -0.05) is 12.8 Å². The van der Waals surface area contributed by atoms with E-state index in [1.54, 1.807) is 12.1 Å². The summed E-state index contributed by atoms with van der Waals surface area (Å²) in [7, 11) is 0. The molecule has 1 saturated carbocycles. The van der Waals surface area contributed by atoms with Crippen molar-refractivity contribution in [3.8, 4) is 5.75 Å². The van der Waals surface area contributed by atoms with Crippen LogP contribution >= 0.6 is 0 Å². The van der Waals surface area contributed by atoms with Gasteiger partial charge in [0.15, 0.2) is 6.04 Å². The molecule has 3 rings (SSSR count). The maximum absolute atomic E-state index is 12.4. The van der Waals surface area contributed by atoms with Gasteiger partial charge in [-0.15, -0.1) is 0 Å². The monoisotopic (exact) mass is 318 g/mol. The molecule has 1 aliphatic carbocycles. The van der Waals surface area contributed by atoms with Crippen LogP contribution in [0.3, 0.4) is 0 Å². The number of hydrogen-bond acceptors (Lipinski definition) is 3. The van der Waals surface area contributed by atoms with Gasteiger partial charge in [0.25, 0.3) is 5.91 Å². The van der Waals surface area contributed by atoms with Crippen molar-refractivity contribution in [1.82, 2.24) is 5.32 Å². The standard InChI is InChI=1S/C18H27N3O2/c1-14(18(23)19-15-4-2-3-5-15)20-10-12-21(13-11-20)16-6-8-17(22)9-7-16/h6-9,14-15,22H,2-5,10-13H2,1H3,(H,19,23)/p+1/t14-/m0/s1. The number of anilines is 1. The Bertz CT molecular complexity index is 518. The van der Waals surface area contributed by atoms with Crippen LogP contribution in [0.25, 0.3) is 0 Å². The first-order valence-electron chi connectivity index (χ1n) is 8.82. The molecule has 1 aromatic rings. The smallest absolute Gasteiger partial charge is 0.278 e. The van der Waals surface area contributed by atoms with Crippen LogP contribution in [0.5, 0.6) is 5.75 Å². The van der Waals surface area contributed by atoms with Crippen LogP contribution in [0, 0.1) is 0 Å². The minimum Gasteiger partial charge on any atom is -0.508 e. The van der Waals surface area contributed by atoms with Crippen molar-refractivity contribution >= 4 is 11.6 Å². The lowest BCUT2D eigenvalue weighted by atomic mass is 10.1. The van der Waals surface area contributed by atoms with Crippen molar-refractivity contribution in [3.63, 3.8) is 0 Å². The van der Waals surface area contributed by atoms with Crippen molar-refractivity contribution < 1.29 is 14.8 Å². The van der Waals surface area contributed by atoms with E-state index in [9.17, 15) is 9.90 Å². The van der Waals surface area contributed by atoms with Crippen molar-refractivity contribution in [3.05, 3.63) is 24.3 Å². The molecule has 1 aromatic carbocycles. The number of quaternary nitrogens is 1. The number of phenols is 1. The molecule has 1 amide bonds. The Kier molecular flexibility index (Phi) is 5.06. The first-order chi connectivity index (χ1) is 11.1. The largest absolute Gasteiger partial charge is 0.508 e. The first kappa shape index (κ1) is 16.1. The average Bonchev–Trinajstić information content (AvgIpc) is 3.08. The maximum atomic E-state index is 12.4. The Morgan fingerprint density at radius 3 is 2.43 bits per heavy atom. The minimum atomic E-state index is 0.0255. The highest BCUT2D eigenvalue weighted by molar-refractivity contribution is 5.80. The second kappa shape index (κ2) is 7.21. The molecule has 0 spiro atoms. The Labute approximate surface area is 138 Å². The SMILES string of the molecule is C[C@@H](C(=O)NC1CCCC1)[NH+]1CCN(c2ccc(O)cc2)CC1. The fourth-order valence-corrected chi connectivity index (χ4v) is 3.73. The lowest BCUT2D eigenvalue weighted by Crippen LogP contribution is -3.19. The van der Waals surface area contributed by atoms with Gasteiger partial charge in [0.1, 0.15) is 5.75 Å². The number of amides is 1. The number of aromatic hydroxyl groups is 1. The predicted octanol–water partition coefficient (Wildman–Crippen LogP) is 0.544. The fraction of sp³-hybridized carbons (Fsp3) is 0.611. The molecule has 5 heteroatoms. The average molecular weight is 318 g/mol. The van der Waals surface area contributed by atoms with Gasteiger partial charge in [-0.25, -0.2) is 0 Å². The number of benzene rings is 1. The number of carbonyl (C=O) groups excluding carboxylic acids is 1. The summed E-state index contributed by atoms with van der Waals surface area (Å²) >= 11 is 0. The Morgan fingerprint density at radius 1 is 1.22 bits per heavy atom. The summed E-state index contributed by atoms with van der Waals surface area (Å²) in [6.45, 7) is 5.89. The Hall–Kier alpha value is -1.75. The van der Waals surface area contributed by atoms with Gasteiger partial charge < -0.3 is 20.2 Å². The zero-order valence-electron chi connectivity index (χ0n) is 13.9. The van der Waals surface area contributed by atoms with E-state index in [4.69, 9.17) is 0 Å². The lowest BCUT2D eigenvalue weighted by molar-refractivity contribution is -0.914. The van der Waals surface area contributed by atoms with Gasteiger partial charge in [-0.3, -0.25) is 4.79 Å². The van der Waals surface area contributed by atoms with Gasteiger partial charge in [0.05, 0.1) is 26.2 Å². The third kappa shape index (κ3) is 3.96. The van der Waals surface area contributed by atoms with Crippen LogP contribution < -0.4 is 15.1 Å². The van der Waals surface area contributed by atoms with Gasteiger partial charge in [-0.05, 0) is 44.0 Å². The molecule has 3 N–H and O–H groups in total. The van der Waals surface area contributed by atoms with E-state index in [-0.39, 0.29) is 11.9 Å². The number of nitrogens with zero attached hydrogens (tertiary/aromatic N) is 1. The molecular formula is C18H28N3O2+. The second-order valence-electron chi connectivity index (χ2n) is 6.87. The third-order valence-electron chi connectivity index (χ3n) is 5.33. The van der Waals surface area contributed by atoms with E-state index >= 15 is 0 Å². The van der Waals surface area contributed by atoms with Gasteiger partial charge >= 0.3 is 0 Å². The highest BCUT2D eigenvalue weighted by Gasteiger charge is 2.30. The molecule has 1 aliphatic heterocycles. The van der Waals surface area contributed by atoms with Crippen LogP contribution in [0.15, 0.2) is 24.3 Å². The van der Waals surface area contributed by atoms with E-state index in [1.165, 1.54) is 17.7 Å². The number of hydrogen-bond donors (Lipinski definition) is 3. The van der Waals surface area contributed by atoms with E-state index in [0.29, 0.717) is 11.8 Å². The molecule has 2 fully saturated rings. The molecule has 0 unspecified atom stereocenters. The van der Waals surface area contributed by atoms with Crippen LogP contribution in [-0.2, 0) is 4.79 Å². The van der Waals surface area contributed by atoms with Crippen LogP contribution in [0.2, 0.25) is 0 Å². The second-order valence-corrected chi connectivity index (χ2v) is 6.87. The summed E-state index contributed by atoms with van der Waals surface area (Å²) in [5, 5.41) is 12.6. The Balaban J connectivity index is 1.49. The molecule has 0 aromatic heterocycles. The predicted molar refractivity (Wildman–Crippen MR) is 90.9 cm³/mol. The Morgan fingerprint density at radius 2 is 1.83 bits per heavy atom. The molecule has 126 valence electrons. The van der Waals surface area contributed by atoms with Crippen molar-refractivity contribution in [2.75, 3.05) is 31.1 Å². The van der Waals surface area contributed by atoms with Crippen LogP contribution in [-0.4, -0.2) is 49.3 Å². The molecule has 0 radical (unpaired) electrons. The van der Waals surface area contributed by atoms with E-state index in [2.05, 4.69) is 17.1 Å². The first-order valence-corrected chi connectivity index (χ1v) is 8.82. The van der Waals surface area contributed by atoms with E-state index in [1.807, 2.05) is 12.1 Å². The number of rotatable bonds is 4. The molecule has 0 bridgehead atoms. The number of piperazine rings is 1. The quantitative estimate of drug-likeness (QED) is 0.760. The van der Waals surface area contributed by atoms with Crippen molar-refractivity contribution in [2.45, 2.75) is 44.7 Å². The highest BCUT2D eigenvalue weighted by Crippen LogP contribution is 2.18. The highest BCUT2D eigenvalue weighted by atomic mass is 16.3. The zero-order valence-corrected chi connectivity index (χ0v) is 13.9. The molecule has 5 nitrogen and oxygen atoms in total. The van der Waals surface area contributed by atoms with Gasteiger partial charge in [-0.2, -0.15) is 0 Å². The number of carbonyl (C=O) groups is 1. The summed E-state index contributed by atoms with van der Waals surface area (Å²) in [6, 6.07) is 7.80. The van der Waals surface area contributed by atoms with E-state index < -0.39 is 0 Å². The van der Waals surface area contributed by atoms with Crippen molar-refractivity contribution in [1.29, 1.82) is 0 Å². The maximum Gasteiger partial charge on any atom is 0.278 e. The van der Waals surface area contributed by atoms with Gasteiger partial charge in [0.2, 0.25) is 0 Å². The molecule has 1 heterocycles. The number of phenolic OH excluding ortho intramolecular Hbond substituents is 1. The molecule has 1 saturated heterocycles. The molecule has 1 atom stereocenters. The molecular weight excluding hydrogens is 290 g/mol. The topological polar surface area (TPSA) is 57.0 Å². The van der Waals surface area contributed by atoms with E-state index in [0.717, 1.165) is 44.7 Å². The minimum absolute atomic E-state index is 0.0255. The van der Waals surface area contributed by atoms with Crippen LogP contribution in [0.1, 0.15) is 32.6 Å².